The Balaban J connectivity index is 1.97. The Bertz CT molecular complexity index is 573. The fourth-order valence-electron chi connectivity index (χ4n) is 2.49. The molecule has 0 aliphatic rings. The van der Waals surface area contributed by atoms with Gasteiger partial charge < -0.3 is 15.4 Å². The van der Waals surface area contributed by atoms with Crippen molar-refractivity contribution in [3.63, 3.8) is 0 Å². The van der Waals surface area contributed by atoms with Crippen LogP contribution in [-0.4, -0.2) is 28.6 Å². The lowest BCUT2D eigenvalue weighted by Gasteiger charge is -2.20. The third-order valence-corrected chi connectivity index (χ3v) is 3.88. The van der Waals surface area contributed by atoms with E-state index in [4.69, 9.17) is 0 Å². The SMILES string of the molecule is CCC(CC)C(O)CNC(=O)c1ccc2cc[nH]c2c1. The fourth-order valence-corrected chi connectivity index (χ4v) is 2.49. The highest BCUT2D eigenvalue weighted by Gasteiger charge is 2.16. The third-order valence-electron chi connectivity index (χ3n) is 3.88. The monoisotopic (exact) mass is 274 g/mol. The molecule has 0 saturated carbocycles. The van der Waals surface area contributed by atoms with Gasteiger partial charge in [-0.05, 0) is 29.5 Å². The molecule has 0 fully saturated rings. The van der Waals surface area contributed by atoms with E-state index in [1.807, 2.05) is 24.4 Å². The molecule has 1 atom stereocenters. The summed E-state index contributed by atoms with van der Waals surface area (Å²) < 4.78 is 0. The average molecular weight is 274 g/mol. The standard InChI is InChI=1S/C16H22N2O2/c1-3-11(4-2)15(19)10-18-16(20)13-6-5-12-7-8-17-14(12)9-13/h5-9,11,15,17,19H,3-4,10H2,1-2H3,(H,18,20). The number of aliphatic hydroxyl groups excluding tert-OH is 1. The lowest BCUT2D eigenvalue weighted by Crippen LogP contribution is -2.36. The number of carbonyl (C=O) groups is 1. The van der Waals surface area contributed by atoms with Crippen LogP contribution in [0.25, 0.3) is 10.9 Å². The highest BCUT2D eigenvalue weighted by Crippen LogP contribution is 2.15. The van der Waals surface area contributed by atoms with Crippen molar-refractivity contribution >= 4 is 16.8 Å². The van der Waals surface area contributed by atoms with Gasteiger partial charge in [0.15, 0.2) is 0 Å². The quantitative estimate of drug-likeness (QED) is 0.758. The molecule has 0 radical (unpaired) electrons. The molecule has 1 aromatic heterocycles. The number of rotatable bonds is 6. The van der Waals surface area contributed by atoms with Gasteiger partial charge in [0, 0.05) is 23.8 Å². The highest BCUT2D eigenvalue weighted by atomic mass is 16.3. The zero-order valence-electron chi connectivity index (χ0n) is 12.0. The van der Waals surface area contributed by atoms with Gasteiger partial charge in [-0.1, -0.05) is 32.8 Å². The number of fused-ring (bicyclic) bond motifs is 1. The molecule has 4 nitrogen and oxygen atoms in total. The maximum absolute atomic E-state index is 12.1. The van der Waals surface area contributed by atoms with Crippen molar-refractivity contribution in [1.82, 2.24) is 10.3 Å². The van der Waals surface area contributed by atoms with Crippen LogP contribution in [0.15, 0.2) is 30.5 Å². The van der Waals surface area contributed by atoms with Crippen molar-refractivity contribution in [3.8, 4) is 0 Å². The van der Waals surface area contributed by atoms with Crippen LogP contribution in [0, 0.1) is 5.92 Å². The summed E-state index contributed by atoms with van der Waals surface area (Å²) in [6, 6.07) is 7.51. The van der Waals surface area contributed by atoms with E-state index in [1.54, 1.807) is 6.07 Å². The molecular weight excluding hydrogens is 252 g/mol. The zero-order chi connectivity index (χ0) is 14.5. The molecule has 1 aromatic carbocycles. The van der Waals surface area contributed by atoms with Crippen LogP contribution in [-0.2, 0) is 0 Å². The molecule has 0 aliphatic carbocycles. The summed E-state index contributed by atoms with van der Waals surface area (Å²) >= 11 is 0. The molecule has 1 heterocycles. The lowest BCUT2D eigenvalue weighted by atomic mass is 9.96. The van der Waals surface area contributed by atoms with E-state index in [9.17, 15) is 9.90 Å². The van der Waals surface area contributed by atoms with Crippen LogP contribution >= 0.6 is 0 Å². The largest absolute Gasteiger partial charge is 0.391 e. The van der Waals surface area contributed by atoms with Crippen molar-refractivity contribution in [2.75, 3.05) is 6.54 Å². The van der Waals surface area contributed by atoms with Crippen LogP contribution in [0.5, 0.6) is 0 Å². The Hall–Kier alpha value is -1.81. The van der Waals surface area contributed by atoms with Crippen molar-refractivity contribution in [1.29, 1.82) is 0 Å². The molecule has 2 rings (SSSR count). The van der Waals surface area contributed by atoms with Crippen molar-refractivity contribution < 1.29 is 9.90 Å². The minimum absolute atomic E-state index is 0.147. The minimum Gasteiger partial charge on any atom is -0.391 e. The Morgan fingerprint density at radius 1 is 1.30 bits per heavy atom. The second kappa shape index (κ2) is 6.57. The third kappa shape index (κ3) is 3.20. The summed E-state index contributed by atoms with van der Waals surface area (Å²) in [6.07, 6.45) is 3.20. The second-order valence-electron chi connectivity index (χ2n) is 5.13. The van der Waals surface area contributed by atoms with Crippen LogP contribution < -0.4 is 5.32 Å². The summed E-state index contributed by atoms with van der Waals surface area (Å²) in [5, 5.41) is 13.9. The number of aromatic amines is 1. The van der Waals surface area contributed by atoms with Gasteiger partial charge in [0.25, 0.3) is 5.91 Å². The first-order chi connectivity index (χ1) is 9.65. The summed E-state index contributed by atoms with van der Waals surface area (Å²) in [5.74, 6) is 0.0905. The molecule has 1 unspecified atom stereocenters. The number of aromatic nitrogens is 1. The number of aliphatic hydroxyl groups is 1. The number of nitrogens with one attached hydrogen (secondary N) is 2. The van der Waals surface area contributed by atoms with Gasteiger partial charge in [-0.2, -0.15) is 0 Å². The Morgan fingerprint density at radius 2 is 2.05 bits per heavy atom. The van der Waals surface area contributed by atoms with Gasteiger partial charge in [-0.25, -0.2) is 0 Å². The number of hydrogen-bond acceptors (Lipinski definition) is 2. The molecule has 0 aliphatic heterocycles. The Kier molecular flexibility index (Phi) is 4.79. The Morgan fingerprint density at radius 3 is 2.75 bits per heavy atom. The maximum Gasteiger partial charge on any atom is 0.251 e. The molecule has 108 valence electrons. The summed E-state index contributed by atoms with van der Waals surface area (Å²) in [5.41, 5.74) is 1.55. The molecule has 0 bridgehead atoms. The first kappa shape index (κ1) is 14.6. The first-order valence-electron chi connectivity index (χ1n) is 7.19. The highest BCUT2D eigenvalue weighted by molar-refractivity contribution is 5.97. The maximum atomic E-state index is 12.1. The number of carbonyl (C=O) groups excluding carboxylic acids is 1. The number of amides is 1. The first-order valence-corrected chi connectivity index (χ1v) is 7.19. The number of hydrogen-bond donors (Lipinski definition) is 3. The van der Waals surface area contributed by atoms with Crippen LogP contribution in [0.2, 0.25) is 0 Å². The van der Waals surface area contributed by atoms with Gasteiger partial charge in [0.1, 0.15) is 0 Å². The molecule has 0 spiro atoms. The van der Waals surface area contributed by atoms with Crippen LogP contribution in [0.4, 0.5) is 0 Å². The van der Waals surface area contributed by atoms with Gasteiger partial charge in [0.05, 0.1) is 6.10 Å². The van der Waals surface area contributed by atoms with Gasteiger partial charge >= 0.3 is 0 Å². The topological polar surface area (TPSA) is 65.1 Å². The van der Waals surface area contributed by atoms with E-state index < -0.39 is 6.10 Å². The van der Waals surface area contributed by atoms with Crippen LogP contribution in [0.3, 0.4) is 0 Å². The summed E-state index contributed by atoms with van der Waals surface area (Å²) in [7, 11) is 0. The summed E-state index contributed by atoms with van der Waals surface area (Å²) in [4.78, 5) is 15.2. The van der Waals surface area contributed by atoms with E-state index in [-0.39, 0.29) is 11.8 Å². The molecule has 4 heteroatoms. The molecular formula is C16H22N2O2. The summed E-state index contributed by atoms with van der Waals surface area (Å²) in [6.45, 7) is 4.41. The molecule has 1 amide bonds. The molecule has 2 aromatic rings. The van der Waals surface area contributed by atoms with E-state index in [2.05, 4.69) is 24.1 Å². The average Bonchev–Trinajstić information content (AvgIpc) is 2.93. The second-order valence-corrected chi connectivity index (χ2v) is 5.13. The van der Waals surface area contributed by atoms with Gasteiger partial charge in [-0.3, -0.25) is 4.79 Å². The molecule has 0 saturated heterocycles. The van der Waals surface area contributed by atoms with E-state index >= 15 is 0 Å². The van der Waals surface area contributed by atoms with Crippen LogP contribution in [0.1, 0.15) is 37.0 Å². The van der Waals surface area contributed by atoms with Crippen molar-refractivity contribution in [3.05, 3.63) is 36.0 Å². The number of benzene rings is 1. The predicted octanol–water partition coefficient (Wildman–Crippen LogP) is 2.69. The number of H-pyrrole nitrogens is 1. The fraction of sp³-hybridized carbons (Fsp3) is 0.438. The predicted molar refractivity (Wildman–Crippen MR) is 80.7 cm³/mol. The van der Waals surface area contributed by atoms with Gasteiger partial charge in [0.2, 0.25) is 0 Å². The van der Waals surface area contributed by atoms with E-state index in [0.717, 1.165) is 23.7 Å². The smallest absolute Gasteiger partial charge is 0.251 e. The van der Waals surface area contributed by atoms with Gasteiger partial charge in [-0.15, -0.1) is 0 Å². The lowest BCUT2D eigenvalue weighted by molar-refractivity contribution is 0.0817. The van der Waals surface area contributed by atoms with E-state index in [1.165, 1.54) is 0 Å². The van der Waals surface area contributed by atoms with E-state index in [0.29, 0.717) is 12.1 Å². The minimum atomic E-state index is -0.483. The van der Waals surface area contributed by atoms with Crippen molar-refractivity contribution in [2.24, 2.45) is 5.92 Å². The molecule has 3 N–H and O–H groups in total. The Labute approximate surface area is 119 Å². The molecule has 20 heavy (non-hydrogen) atoms. The van der Waals surface area contributed by atoms with Crippen molar-refractivity contribution in [2.45, 2.75) is 32.8 Å². The zero-order valence-corrected chi connectivity index (χ0v) is 12.0. The normalized spacial score (nSPS) is 12.8.